The van der Waals surface area contributed by atoms with Gasteiger partial charge in [0.1, 0.15) is 17.2 Å². The number of unbranched alkanes of at least 4 members (excludes halogenated alkanes) is 5. The van der Waals surface area contributed by atoms with Crippen LogP contribution in [0.3, 0.4) is 0 Å². The van der Waals surface area contributed by atoms with Crippen molar-refractivity contribution in [3.63, 3.8) is 0 Å². The highest BCUT2D eigenvalue weighted by Gasteiger charge is 2.20. The molecule has 0 aliphatic carbocycles. The van der Waals surface area contributed by atoms with E-state index in [-0.39, 0.29) is 36.9 Å². The van der Waals surface area contributed by atoms with Gasteiger partial charge in [0.25, 0.3) is 0 Å². The summed E-state index contributed by atoms with van der Waals surface area (Å²) in [5, 5.41) is 32.6. The Hall–Kier alpha value is -4.53. The highest BCUT2D eigenvalue weighted by atomic mass is 16.3. The molecule has 0 radical (unpaired) electrons. The molecular formula is C44H61N3O6. The van der Waals surface area contributed by atoms with E-state index in [2.05, 4.69) is 34.6 Å². The van der Waals surface area contributed by atoms with Gasteiger partial charge in [-0.2, -0.15) is 0 Å². The van der Waals surface area contributed by atoms with Crippen LogP contribution in [0.1, 0.15) is 143 Å². The minimum Gasteiger partial charge on any atom is -0.508 e. The molecule has 4 aromatic rings. The van der Waals surface area contributed by atoms with E-state index in [0.29, 0.717) is 32.1 Å². The first-order valence-corrected chi connectivity index (χ1v) is 20.0. The number of nitrogens with zero attached hydrogens (tertiary/aromatic N) is 3. The van der Waals surface area contributed by atoms with Crippen LogP contribution >= 0.6 is 0 Å². The van der Waals surface area contributed by atoms with E-state index in [4.69, 9.17) is 0 Å². The smallest absolute Gasteiger partial charge is 0.336 e. The van der Waals surface area contributed by atoms with Gasteiger partial charge in [-0.05, 0) is 121 Å². The summed E-state index contributed by atoms with van der Waals surface area (Å²) in [4.78, 5) is 43.2. The van der Waals surface area contributed by atoms with Crippen molar-refractivity contribution >= 4 is 0 Å². The van der Waals surface area contributed by atoms with Crippen molar-refractivity contribution in [3.05, 3.63) is 118 Å². The summed E-state index contributed by atoms with van der Waals surface area (Å²) in [6.45, 7) is 10.3. The number of benzene rings is 3. The van der Waals surface area contributed by atoms with Gasteiger partial charge >= 0.3 is 17.1 Å². The van der Waals surface area contributed by atoms with E-state index < -0.39 is 17.1 Å². The number of aromatic hydroxyl groups is 3. The summed E-state index contributed by atoms with van der Waals surface area (Å²) in [6, 6.07) is 12.5. The summed E-state index contributed by atoms with van der Waals surface area (Å²) < 4.78 is 3.42. The number of phenols is 3. The van der Waals surface area contributed by atoms with Crippen LogP contribution in [-0.2, 0) is 51.7 Å². The van der Waals surface area contributed by atoms with Gasteiger partial charge in [-0.15, -0.1) is 0 Å². The lowest BCUT2D eigenvalue weighted by atomic mass is 9.97. The summed E-state index contributed by atoms with van der Waals surface area (Å²) in [7, 11) is 0. The Bertz CT molecular complexity index is 1840. The van der Waals surface area contributed by atoms with Crippen molar-refractivity contribution in [2.45, 2.75) is 151 Å². The van der Waals surface area contributed by atoms with Crippen molar-refractivity contribution in [3.8, 4) is 17.2 Å². The average Bonchev–Trinajstić information content (AvgIpc) is 3.15. The molecule has 0 aliphatic rings. The first-order chi connectivity index (χ1) is 25.6. The third kappa shape index (κ3) is 10.5. The Morgan fingerprint density at radius 1 is 0.415 bits per heavy atom. The lowest BCUT2D eigenvalue weighted by Crippen LogP contribution is -2.55. The predicted molar refractivity (Wildman–Crippen MR) is 214 cm³/mol. The van der Waals surface area contributed by atoms with Gasteiger partial charge in [-0.25, -0.2) is 28.1 Å². The van der Waals surface area contributed by atoms with E-state index in [9.17, 15) is 29.7 Å². The molecule has 0 saturated carbocycles. The van der Waals surface area contributed by atoms with E-state index in [1.165, 1.54) is 0 Å². The fourth-order valence-corrected chi connectivity index (χ4v) is 7.07. The largest absolute Gasteiger partial charge is 0.508 e. The maximum Gasteiger partial charge on any atom is 0.336 e. The van der Waals surface area contributed by atoms with Crippen molar-refractivity contribution in [2.75, 3.05) is 0 Å². The summed E-state index contributed by atoms with van der Waals surface area (Å²) in [6.07, 6.45) is 12.6. The number of aryl methyl sites for hydroxylation is 5. The molecule has 0 bridgehead atoms. The molecule has 1 aromatic heterocycles. The molecular weight excluding hydrogens is 666 g/mol. The minimum atomic E-state index is -0.706. The van der Waals surface area contributed by atoms with Crippen LogP contribution in [0.2, 0.25) is 0 Å². The summed E-state index contributed by atoms with van der Waals surface area (Å²) in [5.74, 6) is 0.676. The zero-order chi connectivity index (χ0) is 38.5. The molecule has 9 nitrogen and oxygen atoms in total. The van der Waals surface area contributed by atoms with E-state index in [0.717, 1.165) is 122 Å². The quantitative estimate of drug-likeness (QED) is 0.0796. The highest BCUT2D eigenvalue weighted by Crippen LogP contribution is 2.30. The Morgan fingerprint density at radius 2 is 0.736 bits per heavy atom. The normalized spacial score (nSPS) is 11.4. The van der Waals surface area contributed by atoms with Gasteiger partial charge in [0.15, 0.2) is 0 Å². The number of rotatable bonds is 21. The molecule has 0 amide bonds. The van der Waals surface area contributed by atoms with Gasteiger partial charge in [0, 0.05) is 0 Å². The highest BCUT2D eigenvalue weighted by molar-refractivity contribution is 5.45. The van der Waals surface area contributed by atoms with Crippen molar-refractivity contribution in [1.82, 2.24) is 13.7 Å². The van der Waals surface area contributed by atoms with E-state index >= 15 is 0 Å². The lowest BCUT2D eigenvalue weighted by Gasteiger charge is -2.18. The molecule has 0 aliphatic heterocycles. The number of aromatic nitrogens is 3. The third-order valence-electron chi connectivity index (χ3n) is 10.2. The van der Waals surface area contributed by atoms with Crippen LogP contribution in [0.4, 0.5) is 0 Å². The molecule has 0 fully saturated rings. The zero-order valence-corrected chi connectivity index (χ0v) is 32.7. The second-order valence-electron chi connectivity index (χ2n) is 14.6. The van der Waals surface area contributed by atoms with E-state index in [1.54, 1.807) is 18.2 Å². The zero-order valence-electron chi connectivity index (χ0n) is 32.7. The topological polar surface area (TPSA) is 127 Å². The molecule has 4 rings (SSSR count). The first kappa shape index (κ1) is 41.2. The van der Waals surface area contributed by atoms with E-state index in [1.807, 2.05) is 24.3 Å². The second-order valence-corrected chi connectivity index (χ2v) is 14.6. The maximum absolute atomic E-state index is 14.4. The average molecular weight is 728 g/mol. The van der Waals surface area contributed by atoms with Crippen LogP contribution in [0.25, 0.3) is 0 Å². The van der Waals surface area contributed by atoms with Crippen LogP contribution in [-0.4, -0.2) is 29.0 Å². The van der Waals surface area contributed by atoms with Gasteiger partial charge < -0.3 is 15.3 Å². The SMILES string of the molecule is CCCCc1cc(O)ccc1Cn1c(=O)n(Cc2cc(CCCC)c(O)c(CCCC)c2)c(=O)n(Cc2cc(CCCC)c(O)c(CCCC)c2)c1=O. The molecule has 0 unspecified atom stereocenters. The fraction of sp³-hybridized carbons (Fsp3) is 0.523. The number of phenolic OH excluding ortho intramolecular Hbond substituents is 3. The van der Waals surface area contributed by atoms with Crippen LogP contribution in [0.5, 0.6) is 17.2 Å². The second kappa shape index (κ2) is 20.1. The van der Waals surface area contributed by atoms with Gasteiger partial charge in [-0.1, -0.05) is 97.1 Å². The Kier molecular flexibility index (Phi) is 15.6. The molecule has 53 heavy (non-hydrogen) atoms. The monoisotopic (exact) mass is 727 g/mol. The van der Waals surface area contributed by atoms with Crippen molar-refractivity contribution in [1.29, 1.82) is 0 Å². The van der Waals surface area contributed by atoms with Crippen LogP contribution in [0.15, 0.2) is 56.8 Å². The first-order valence-electron chi connectivity index (χ1n) is 20.0. The number of hydrogen-bond donors (Lipinski definition) is 3. The minimum absolute atomic E-state index is 0.0601. The Labute approximate surface area is 314 Å². The molecule has 3 aromatic carbocycles. The molecule has 288 valence electrons. The Balaban J connectivity index is 1.94. The van der Waals surface area contributed by atoms with Crippen molar-refractivity contribution in [2.24, 2.45) is 0 Å². The fourth-order valence-electron chi connectivity index (χ4n) is 7.07. The van der Waals surface area contributed by atoms with Gasteiger partial charge in [-0.3, -0.25) is 0 Å². The van der Waals surface area contributed by atoms with Crippen LogP contribution in [0, 0.1) is 0 Å². The van der Waals surface area contributed by atoms with Crippen LogP contribution < -0.4 is 17.1 Å². The molecule has 1 heterocycles. The molecule has 0 spiro atoms. The molecule has 3 N–H and O–H groups in total. The van der Waals surface area contributed by atoms with Gasteiger partial charge in [0.05, 0.1) is 19.6 Å². The number of hydrogen-bond acceptors (Lipinski definition) is 6. The Morgan fingerprint density at radius 3 is 1.08 bits per heavy atom. The maximum atomic E-state index is 14.4. The summed E-state index contributed by atoms with van der Waals surface area (Å²) in [5.41, 5.74) is 4.09. The molecule has 9 heteroatoms. The lowest BCUT2D eigenvalue weighted by molar-refractivity contribution is 0.456. The van der Waals surface area contributed by atoms with Gasteiger partial charge in [0.2, 0.25) is 0 Å². The molecule has 0 saturated heterocycles. The third-order valence-corrected chi connectivity index (χ3v) is 10.2. The standard InChI is InChI=1S/C44H61N3O6/c1-6-11-16-33-27-39(48)22-21-38(33)30-47-43(52)45(28-31-23-34(17-12-7-2)40(49)35(24-31)18-13-8-3)42(51)46(44(47)53)29-32-25-36(19-14-9-4)41(50)37(26-32)20-15-10-5/h21-27,48-50H,6-20,28-30H2,1-5H3. The predicted octanol–water partition coefficient (Wildman–Crippen LogP) is 8.15. The summed E-state index contributed by atoms with van der Waals surface area (Å²) >= 11 is 0. The molecule has 0 atom stereocenters. The van der Waals surface area contributed by atoms with Crippen molar-refractivity contribution < 1.29 is 15.3 Å².